The Morgan fingerprint density at radius 3 is 2.33 bits per heavy atom. The lowest BCUT2D eigenvalue weighted by atomic mass is 9.93. The number of likely N-dealkylation sites (tertiary alicyclic amines) is 1. The van der Waals surface area contributed by atoms with Gasteiger partial charge in [-0.25, -0.2) is 0 Å². The van der Waals surface area contributed by atoms with Crippen LogP contribution in [-0.4, -0.2) is 46.3 Å². The molecule has 0 aliphatic carbocycles. The SMILES string of the molecule is CC(C)(O)CN1CCC(CC(=O)O)CC1. The van der Waals surface area contributed by atoms with Crippen LogP contribution in [0.25, 0.3) is 0 Å². The monoisotopic (exact) mass is 215 g/mol. The molecule has 0 unspecified atom stereocenters. The van der Waals surface area contributed by atoms with E-state index in [1.807, 2.05) is 0 Å². The summed E-state index contributed by atoms with van der Waals surface area (Å²) in [7, 11) is 0. The molecule has 0 atom stereocenters. The van der Waals surface area contributed by atoms with Gasteiger partial charge in [-0.1, -0.05) is 0 Å². The van der Waals surface area contributed by atoms with Crippen LogP contribution in [0.15, 0.2) is 0 Å². The number of rotatable bonds is 4. The summed E-state index contributed by atoms with van der Waals surface area (Å²) in [5, 5.41) is 18.3. The number of hydrogen-bond donors (Lipinski definition) is 2. The molecule has 1 heterocycles. The molecular formula is C11H21NO3. The molecule has 0 bridgehead atoms. The molecule has 1 aliphatic rings. The summed E-state index contributed by atoms with van der Waals surface area (Å²) in [6, 6.07) is 0. The van der Waals surface area contributed by atoms with Crippen molar-refractivity contribution in [2.45, 2.75) is 38.7 Å². The van der Waals surface area contributed by atoms with E-state index in [1.165, 1.54) is 0 Å². The molecule has 1 saturated heterocycles. The number of nitrogens with zero attached hydrogens (tertiary/aromatic N) is 1. The number of carbonyl (C=O) groups is 1. The normalized spacial score (nSPS) is 20.5. The number of piperidine rings is 1. The zero-order valence-corrected chi connectivity index (χ0v) is 9.57. The van der Waals surface area contributed by atoms with Gasteiger partial charge in [0.05, 0.1) is 5.60 Å². The average molecular weight is 215 g/mol. The molecule has 0 aromatic carbocycles. The molecule has 0 aromatic rings. The third-order valence-electron chi connectivity index (χ3n) is 2.78. The summed E-state index contributed by atoms with van der Waals surface area (Å²) in [5.41, 5.74) is -0.653. The van der Waals surface area contributed by atoms with Crippen LogP contribution in [0.5, 0.6) is 0 Å². The van der Waals surface area contributed by atoms with E-state index >= 15 is 0 Å². The molecule has 4 heteroatoms. The maximum Gasteiger partial charge on any atom is 0.303 e. The summed E-state index contributed by atoms with van der Waals surface area (Å²) in [5.74, 6) is -0.378. The number of aliphatic carboxylic acids is 1. The van der Waals surface area contributed by atoms with Gasteiger partial charge in [0.25, 0.3) is 0 Å². The Kier molecular flexibility index (Phi) is 4.11. The van der Waals surface area contributed by atoms with E-state index in [2.05, 4.69) is 4.90 Å². The van der Waals surface area contributed by atoms with Gasteiger partial charge >= 0.3 is 5.97 Å². The van der Waals surface area contributed by atoms with E-state index < -0.39 is 11.6 Å². The van der Waals surface area contributed by atoms with E-state index in [1.54, 1.807) is 13.8 Å². The van der Waals surface area contributed by atoms with Crippen LogP contribution in [0.4, 0.5) is 0 Å². The molecule has 0 radical (unpaired) electrons. The van der Waals surface area contributed by atoms with Crippen LogP contribution in [0.2, 0.25) is 0 Å². The fourth-order valence-electron chi connectivity index (χ4n) is 2.14. The zero-order chi connectivity index (χ0) is 11.5. The third kappa shape index (κ3) is 5.14. The number of β-amino-alcohol motifs (C(OH)–C–C–N with tert-alkyl or cyclic N) is 1. The predicted molar refractivity (Wildman–Crippen MR) is 57.7 cm³/mol. The summed E-state index contributed by atoms with van der Waals surface area (Å²) < 4.78 is 0. The van der Waals surface area contributed by atoms with Gasteiger partial charge < -0.3 is 15.1 Å². The van der Waals surface area contributed by atoms with Crippen LogP contribution in [-0.2, 0) is 4.79 Å². The van der Waals surface area contributed by atoms with Gasteiger partial charge in [0.15, 0.2) is 0 Å². The molecule has 15 heavy (non-hydrogen) atoms. The minimum atomic E-state index is -0.698. The quantitative estimate of drug-likeness (QED) is 0.733. The number of carboxylic acids is 1. The minimum absolute atomic E-state index is 0.288. The Bertz CT molecular complexity index is 214. The van der Waals surface area contributed by atoms with Crippen molar-refractivity contribution in [1.29, 1.82) is 0 Å². The van der Waals surface area contributed by atoms with Crippen molar-refractivity contribution >= 4 is 5.97 Å². The van der Waals surface area contributed by atoms with Crippen molar-refractivity contribution in [2.24, 2.45) is 5.92 Å². The first-order valence-corrected chi connectivity index (χ1v) is 5.53. The van der Waals surface area contributed by atoms with Crippen LogP contribution < -0.4 is 0 Å². The summed E-state index contributed by atoms with van der Waals surface area (Å²) >= 11 is 0. The van der Waals surface area contributed by atoms with Crippen molar-refractivity contribution < 1.29 is 15.0 Å². The van der Waals surface area contributed by atoms with Gasteiger partial charge in [-0.2, -0.15) is 0 Å². The highest BCUT2D eigenvalue weighted by atomic mass is 16.4. The summed E-state index contributed by atoms with van der Waals surface area (Å²) in [6.45, 7) is 6.09. The van der Waals surface area contributed by atoms with Gasteiger partial charge in [0, 0.05) is 13.0 Å². The van der Waals surface area contributed by atoms with Crippen molar-refractivity contribution in [1.82, 2.24) is 4.90 Å². The van der Waals surface area contributed by atoms with E-state index in [4.69, 9.17) is 5.11 Å². The van der Waals surface area contributed by atoms with Crippen molar-refractivity contribution in [3.05, 3.63) is 0 Å². The average Bonchev–Trinajstić information content (AvgIpc) is 2.05. The Hall–Kier alpha value is -0.610. The number of hydrogen-bond acceptors (Lipinski definition) is 3. The minimum Gasteiger partial charge on any atom is -0.481 e. The smallest absolute Gasteiger partial charge is 0.303 e. The molecule has 2 N–H and O–H groups in total. The van der Waals surface area contributed by atoms with Crippen LogP contribution in [0.1, 0.15) is 33.1 Å². The maximum absolute atomic E-state index is 10.5. The lowest BCUT2D eigenvalue weighted by Crippen LogP contribution is -2.43. The highest BCUT2D eigenvalue weighted by Crippen LogP contribution is 2.21. The first-order chi connectivity index (χ1) is 6.87. The second-order valence-corrected chi connectivity index (χ2v) is 5.13. The second-order valence-electron chi connectivity index (χ2n) is 5.13. The van der Waals surface area contributed by atoms with E-state index in [9.17, 15) is 9.90 Å². The molecule has 88 valence electrons. The molecular weight excluding hydrogens is 194 g/mol. The first kappa shape index (κ1) is 12.5. The highest BCUT2D eigenvalue weighted by molar-refractivity contribution is 5.67. The number of carboxylic acid groups (broad SMARTS) is 1. The van der Waals surface area contributed by atoms with E-state index in [0.717, 1.165) is 25.9 Å². The standard InChI is InChI=1S/C11H21NO3/c1-11(2,15)8-12-5-3-9(4-6-12)7-10(13)14/h9,15H,3-8H2,1-2H3,(H,13,14). The van der Waals surface area contributed by atoms with Gasteiger partial charge in [0.2, 0.25) is 0 Å². The van der Waals surface area contributed by atoms with Crippen molar-refractivity contribution in [2.75, 3.05) is 19.6 Å². The fourth-order valence-corrected chi connectivity index (χ4v) is 2.14. The Morgan fingerprint density at radius 1 is 1.40 bits per heavy atom. The van der Waals surface area contributed by atoms with Crippen LogP contribution in [0, 0.1) is 5.92 Å². The molecule has 0 amide bonds. The van der Waals surface area contributed by atoms with Crippen LogP contribution in [0.3, 0.4) is 0 Å². The van der Waals surface area contributed by atoms with E-state index in [-0.39, 0.29) is 6.42 Å². The molecule has 0 saturated carbocycles. The second kappa shape index (κ2) is 4.94. The molecule has 0 spiro atoms. The highest BCUT2D eigenvalue weighted by Gasteiger charge is 2.24. The predicted octanol–water partition coefficient (Wildman–Crippen LogP) is 0.944. The van der Waals surface area contributed by atoms with Gasteiger partial charge in [-0.05, 0) is 45.7 Å². The largest absolute Gasteiger partial charge is 0.481 e. The zero-order valence-electron chi connectivity index (χ0n) is 9.57. The maximum atomic E-state index is 10.5. The molecule has 0 aromatic heterocycles. The number of aliphatic hydroxyl groups is 1. The molecule has 4 nitrogen and oxygen atoms in total. The Balaban J connectivity index is 2.27. The molecule has 1 fully saturated rings. The summed E-state index contributed by atoms with van der Waals surface area (Å²) in [6.07, 6.45) is 2.15. The summed E-state index contributed by atoms with van der Waals surface area (Å²) in [4.78, 5) is 12.7. The Morgan fingerprint density at radius 2 is 1.93 bits per heavy atom. The Labute approximate surface area is 90.9 Å². The lowest BCUT2D eigenvalue weighted by molar-refractivity contribution is -0.138. The lowest BCUT2D eigenvalue weighted by Gasteiger charge is -2.34. The molecule has 1 aliphatic heterocycles. The molecule has 1 rings (SSSR count). The van der Waals surface area contributed by atoms with Gasteiger partial charge in [-0.15, -0.1) is 0 Å². The van der Waals surface area contributed by atoms with Crippen LogP contribution >= 0.6 is 0 Å². The fraction of sp³-hybridized carbons (Fsp3) is 0.909. The van der Waals surface area contributed by atoms with Gasteiger partial charge in [0.1, 0.15) is 0 Å². The van der Waals surface area contributed by atoms with Crippen molar-refractivity contribution in [3.8, 4) is 0 Å². The third-order valence-corrected chi connectivity index (χ3v) is 2.78. The first-order valence-electron chi connectivity index (χ1n) is 5.53. The van der Waals surface area contributed by atoms with Gasteiger partial charge in [-0.3, -0.25) is 4.79 Å². The van der Waals surface area contributed by atoms with Crippen molar-refractivity contribution in [3.63, 3.8) is 0 Å². The topological polar surface area (TPSA) is 60.8 Å². The van der Waals surface area contributed by atoms with E-state index in [0.29, 0.717) is 12.5 Å².